The van der Waals surface area contributed by atoms with Gasteiger partial charge in [-0.1, -0.05) is 42.1 Å². The van der Waals surface area contributed by atoms with Crippen LogP contribution in [-0.4, -0.2) is 22.3 Å². The van der Waals surface area contributed by atoms with Crippen LogP contribution in [0.1, 0.15) is 27.7 Å². The number of amides is 1. The number of thioether (sulfide) groups is 1. The number of nitrogens with zero attached hydrogens (tertiary/aromatic N) is 2. The van der Waals surface area contributed by atoms with Crippen molar-refractivity contribution in [2.45, 2.75) is 23.6 Å². The minimum atomic E-state index is 0.0845. The van der Waals surface area contributed by atoms with E-state index in [1.54, 1.807) is 34.4 Å². The van der Waals surface area contributed by atoms with Gasteiger partial charge in [0.15, 0.2) is 4.34 Å². The first-order valence-electron chi connectivity index (χ1n) is 9.12. The topological polar surface area (TPSA) is 33.2 Å². The van der Waals surface area contributed by atoms with Crippen molar-refractivity contribution >= 4 is 50.6 Å². The van der Waals surface area contributed by atoms with Crippen molar-refractivity contribution in [1.29, 1.82) is 0 Å². The number of fused-ring (bicyclic) bond motifs is 1. The fourth-order valence-electron chi connectivity index (χ4n) is 2.90. The van der Waals surface area contributed by atoms with Crippen LogP contribution in [0.2, 0.25) is 0 Å². The van der Waals surface area contributed by atoms with Crippen LogP contribution in [0.25, 0.3) is 10.2 Å². The molecule has 6 heteroatoms. The van der Waals surface area contributed by atoms with Gasteiger partial charge in [-0.25, -0.2) is 4.98 Å². The summed E-state index contributed by atoms with van der Waals surface area (Å²) in [7, 11) is 0. The highest BCUT2D eigenvalue weighted by atomic mass is 32.2. The second kappa shape index (κ2) is 8.90. The molecular formula is C22H20N2OS3. The van der Waals surface area contributed by atoms with E-state index in [1.165, 1.54) is 15.1 Å². The predicted molar refractivity (Wildman–Crippen MR) is 120 cm³/mol. The van der Waals surface area contributed by atoms with Gasteiger partial charge in [0.1, 0.15) is 0 Å². The van der Waals surface area contributed by atoms with E-state index in [-0.39, 0.29) is 5.91 Å². The van der Waals surface area contributed by atoms with Crippen LogP contribution in [0, 0.1) is 0 Å². The van der Waals surface area contributed by atoms with Crippen molar-refractivity contribution in [1.82, 2.24) is 9.88 Å². The maximum absolute atomic E-state index is 12.8. The summed E-state index contributed by atoms with van der Waals surface area (Å²) in [6.07, 6.45) is 0. The second-order valence-electron chi connectivity index (χ2n) is 6.33. The van der Waals surface area contributed by atoms with Gasteiger partial charge in [-0.15, -0.1) is 22.7 Å². The maximum Gasteiger partial charge on any atom is 0.254 e. The Morgan fingerprint density at radius 3 is 2.61 bits per heavy atom. The Kier molecular flexibility index (Phi) is 6.10. The van der Waals surface area contributed by atoms with E-state index in [0.29, 0.717) is 13.1 Å². The van der Waals surface area contributed by atoms with Gasteiger partial charge in [-0.2, -0.15) is 0 Å². The van der Waals surface area contributed by atoms with Crippen LogP contribution in [0.4, 0.5) is 0 Å². The van der Waals surface area contributed by atoms with Gasteiger partial charge in [-0.3, -0.25) is 4.79 Å². The lowest BCUT2D eigenvalue weighted by atomic mass is 10.1. The SMILES string of the molecule is CCN(Cc1cccs1)C(=O)c1ccc(CSc2nc3ccccc3s2)cc1. The third-order valence-corrected chi connectivity index (χ3v) is 7.54. The van der Waals surface area contributed by atoms with Crippen LogP contribution < -0.4 is 0 Å². The Morgan fingerprint density at radius 1 is 1.07 bits per heavy atom. The van der Waals surface area contributed by atoms with E-state index < -0.39 is 0 Å². The van der Waals surface area contributed by atoms with E-state index in [2.05, 4.69) is 17.1 Å². The largest absolute Gasteiger partial charge is 0.334 e. The van der Waals surface area contributed by atoms with Gasteiger partial charge < -0.3 is 4.90 Å². The molecule has 4 aromatic rings. The lowest BCUT2D eigenvalue weighted by molar-refractivity contribution is 0.0754. The average molecular weight is 425 g/mol. The highest BCUT2D eigenvalue weighted by molar-refractivity contribution is 8.00. The molecule has 3 nitrogen and oxygen atoms in total. The van der Waals surface area contributed by atoms with Gasteiger partial charge >= 0.3 is 0 Å². The summed E-state index contributed by atoms with van der Waals surface area (Å²) >= 11 is 5.15. The summed E-state index contributed by atoms with van der Waals surface area (Å²) in [4.78, 5) is 20.6. The molecular weight excluding hydrogens is 404 g/mol. The first-order valence-corrected chi connectivity index (χ1v) is 11.8. The Balaban J connectivity index is 1.39. The standard InChI is InChI=1S/C22H20N2OS3/c1-2-24(14-18-6-5-13-26-18)21(25)17-11-9-16(10-12-17)15-27-22-23-19-7-3-4-8-20(19)28-22/h3-13H,2,14-15H2,1H3. The van der Waals surface area contributed by atoms with E-state index in [9.17, 15) is 4.79 Å². The molecule has 0 fully saturated rings. The molecule has 28 heavy (non-hydrogen) atoms. The highest BCUT2D eigenvalue weighted by Crippen LogP contribution is 2.31. The normalized spacial score (nSPS) is 11.0. The van der Waals surface area contributed by atoms with Gasteiger partial charge in [0.25, 0.3) is 5.91 Å². The van der Waals surface area contributed by atoms with Crippen molar-refractivity contribution < 1.29 is 4.79 Å². The zero-order valence-corrected chi connectivity index (χ0v) is 17.9. The van der Waals surface area contributed by atoms with Crippen LogP contribution >= 0.6 is 34.4 Å². The molecule has 0 N–H and O–H groups in total. The van der Waals surface area contributed by atoms with Crippen molar-refractivity contribution in [2.24, 2.45) is 0 Å². The summed E-state index contributed by atoms with van der Waals surface area (Å²) in [6, 6.07) is 20.3. The zero-order chi connectivity index (χ0) is 19.3. The number of aromatic nitrogens is 1. The summed E-state index contributed by atoms with van der Waals surface area (Å²) in [5, 5.41) is 2.05. The number of rotatable bonds is 7. The number of benzene rings is 2. The molecule has 0 saturated carbocycles. The molecule has 0 bridgehead atoms. The molecule has 0 radical (unpaired) electrons. The van der Waals surface area contributed by atoms with E-state index in [4.69, 9.17) is 0 Å². The van der Waals surface area contributed by atoms with Gasteiger partial charge in [0.05, 0.1) is 16.8 Å². The molecule has 2 aromatic carbocycles. The molecule has 0 unspecified atom stereocenters. The third-order valence-electron chi connectivity index (χ3n) is 4.43. The minimum Gasteiger partial charge on any atom is -0.334 e. The first-order chi connectivity index (χ1) is 13.7. The first kappa shape index (κ1) is 19.2. The Bertz CT molecular complexity index is 1020. The fraction of sp³-hybridized carbons (Fsp3) is 0.182. The van der Waals surface area contributed by atoms with Crippen LogP contribution in [-0.2, 0) is 12.3 Å². The lowest BCUT2D eigenvalue weighted by Gasteiger charge is -2.20. The molecule has 2 heterocycles. The monoisotopic (exact) mass is 424 g/mol. The number of hydrogen-bond donors (Lipinski definition) is 0. The molecule has 142 valence electrons. The average Bonchev–Trinajstić information content (AvgIpc) is 3.39. The molecule has 0 spiro atoms. The van der Waals surface area contributed by atoms with E-state index in [1.807, 2.05) is 65.7 Å². The van der Waals surface area contributed by atoms with Crippen LogP contribution in [0.15, 0.2) is 70.4 Å². The molecule has 0 aliphatic rings. The Morgan fingerprint density at radius 2 is 1.89 bits per heavy atom. The minimum absolute atomic E-state index is 0.0845. The van der Waals surface area contributed by atoms with E-state index >= 15 is 0 Å². The van der Waals surface area contributed by atoms with Gasteiger partial charge in [0.2, 0.25) is 0 Å². The summed E-state index contributed by atoms with van der Waals surface area (Å²) in [6.45, 7) is 3.39. The molecule has 0 saturated heterocycles. The van der Waals surface area contributed by atoms with Crippen LogP contribution in [0.5, 0.6) is 0 Å². The molecule has 0 aliphatic heterocycles. The van der Waals surface area contributed by atoms with Crippen molar-refractivity contribution in [3.63, 3.8) is 0 Å². The molecule has 2 aromatic heterocycles. The number of hydrogen-bond acceptors (Lipinski definition) is 5. The summed E-state index contributed by atoms with van der Waals surface area (Å²) in [5.41, 5.74) is 3.00. The van der Waals surface area contributed by atoms with Gasteiger partial charge in [-0.05, 0) is 48.2 Å². The Hall–Kier alpha value is -2.15. The molecule has 4 rings (SSSR count). The van der Waals surface area contributed by atoms with Crippen molar-refractivity contribution in [3.8, 4) is 0 Å². The quantitative estimate of drug-likeness (QED) is 0.326. The molecule has 0 aliphatic carbocycles. The zero-order valence-electron chi connectivity index (χ0n) is 15.5. The number of thiophene rings is 1. The number of carbonyl (C=O) groups is 1. The highest BCUT2D eigenvalue weighted by Gasteiger charge is 2.15. The van der Waals surface area contributed by atoms with Crippen molar-refractivity contribution in [2.75, 3.05) is 6.54 Å². The van der Waals surface area contributed by atoms with Crippen LogP contribution in [0.3, 0.4) is 0 Å². The fourth-order valence-corrected chi connectivity index (χ4v) is 5.65. The molecule has 0 atom stereocenters. The summed E-state index contributed by atoms with van der Waals surface area (Å²) in [5.74, 6) is 0.933. The number of carbonyl (C=O) groups excluding carboxylic acids is 1. The number of thiazole rings is 1. The Labute approximate surface area is 177 Å². The number of para-hydroxylation sites is 1. The predicted octanol–water partition coefficient (Wildman–Crippen LogP) is 6.31. The maximum atomic E-state index is 12.8. The van der Waals surface area contributed by atoms with Crippen molar-refractivity contribution in [3.05, 3.63) is 82.0 Å². The summed E-state index contributed by atoms with van der Waals surface area (Å²) < 4.78 is 2.30. The van der Waals surface area contributed by atoms with Gasteiger partial charge in [0, 0.05) is 22.7 Å². The lowest BCUT2D eigenvalue weighted by Crippen LogP contribution is -2.29. The second-order valence-corrected chi connectivity index (χ2v) is 9.62. The van der Waals surface area contributed by atoms with E-state index in [0.717, 1.165) is 21.2 Å². The molecule has 1 amide bonds. The third kappa shape index (κ3) is 4.46. The smallest absolute Gasteiger partial charge is 0.254 e.